The largest absolute Gasteiger partial charge is 0.465 e. The molecule has 0 aliphatic carbocycles. The lowest BCUT2D eigenvalue weighted by atomic mass is 9.96. The minimum Gasteiger partial charge on any atom is -0.465 e. The molecule has 0 bridgehead atoms. The first kappa shape index (κ1) is 20.8. The van der Waals surface area contributed by atoms with Gasteiger partial charge in [-0.3, -0.25) is 14.7 Å². The number of hydrogen-bond donors (Lipinski definition) is 2. The Morgan fingerprint density at radius 2 is 1.97 bits per heavy atom. The molecule has 6 nitrogen and oxygen atoms in total. The number of alkyl halides is 1. The molecule has 1 aliphatic rings. The van der Waals surface area contributed by atoms with Gasteiger partial charge in [0.25, 0.3) is 0 Å². The molecule has 1 saturated heterocycles. The fourth-order valence-corrected chi connectivity index (χ4v) is 3.81. The first-order valence-corrected chi connectivity index (χ1v) is 9.73. The number of hydrogen-bond acceptors (Lipinski definition) is 3. The van der Waals surface area contributed by atoms with Crippen LogP contribution < -0.4 is 5.32 Å². The number of nitrogens with zero attached hydrogens (tertiary/aromatic N) is 2. The number of benzene rings is 1. The molecule has 0 radical (unpaired) electrons. The van der Waals surface area contributed by atoms with Crippen LogP contribution in [-0.4, -0.2) is 45.7 Å². The van der Waals surface area contributed by atoms with Crippen LogP contribution in [0.15, 0.2) is 42.6 Å². The lowest BCUT2D eigenvalue weighted by molar-refractivity contribution is -0.125. The molecule has 1 aliphatic heterocycles. The highest BCUT2D eigenvalue weighted by Gasteiger charge is 2.40. The van der Waals surface area contributed by atoms with Gasteiger partial charge in [-0.2, -0.15) is 0 Å². The molecular formula is C22H26FN3O3. The number of carbonyl (C=O) groups is 2. The average Bonchev–Trinajstić information content (AvgIpc) is 3.08. The maximum atomic E-state index is 13.8. The van der Waals surface area contributed by atoms with Gasteiger partial charge in [0, 0.05) is 12.6 Å². The van der Waals surface area contributed by atoms with Crippen molar-refractivity contribution < 1.29 is 19.1 Å². The molecule has 1 fully saturated rings. The molecule has 3 rings (SSSR count). The molecule has 3 unspecified atom stereocenters. The Balaban J connectivity index is 1.92. The van der Waals surface area contributed by atoms with Gasteiger partial charge in [0.05, 0.1) is 18.3 Å². The molecule has 2 aromatic rings. The summed E-state index contributed by atoms with van der Waals surface area (Å²) in [6.45, 7) is 5.90. The lowest BCUT2D eigenvalue weighted by Gasteiger charge is -2.25. The second kappa shape index (κ2) is 8.59. The second-order valence-corrected chi connectivity index (χ2v) is 7.76. The quantitative estimate of drug-likeness (QED) is 0.801. The Hall–Kier alpha value is -2.96. The predicted molar refractivity (Wildman–Crippen MR) is 108 cm³/mol. The topological polar surface area (TPSA) is 82.5 Å². The van der Waals surface area contributed by atoms with Crippen molar-refractivity contribution in [2.45, 2.75) is 51.4 Å². The summed E-state index contributed by atoms with van der Waals surface area (Å²) in [6, 6.07) is 9.68. The van der Waals surface area contributed by atoms with Gasteiger partial charge in [-0.1, -0.05) is 44.2 Å². The zero-order valence-electron chi connectivity index (χ0n) is 16.8. The van der Waals surface area contributed by atoms with E-state index in [0.29, 0.717) is 11.6 Å². The predicted octanol–water partition coefficient (Wildman–Crippen LogP) is 3.81. The van der Waals surface area contributed by atoms with Gasteiger partial charge in [-0.15, -0.1) is 0 Å². The molecule has 1 aromatic heterocycles. The smallest absolute Gasteiger partial charge is 0.408 e. The Morgan fingerprint density at radius 3 is 2.55 bits per heavy atom. The van der Waals surface area contributed by atoms with Crippen molar-refractivity contribution in [3.63, 3.8) is 0 Å². The summed E-state index contributed by atoms with van der Waals surface area (Å²) in [6.07, 6.45) is -0.966. The Labute approximate surface area is 169 Å². The van der Waals surface area contributed by atoms with Gasteiger partial charge in [-0.05, 0) is 35.6 Å². The molecule has 2 amide bonds. The highest BCUT2D eigenvalue weighted by molar-refractivity contribution is 5.86. The van der Waals surface area contributed by atoms with E-state index in [1.54, 1.807) is 0 Å². The van der Waals surface area contributed by atoms with E-state index >= 15 is 0 Å². The van der Waals surface area contributed by atoms with E-state index in [0.717, 1.165) is 21.6 Å². The van der Waals surface area contributed by atoms with E-state index in [1.165, 1.54) is 0 Å². The van der Waals surface area contributed by atoms with Crippen LogP contribution in [0.1, 0.15) is 54.6 Å². The number of rotatable bonds is 5. The van der Waals surface area contributed by atoms with Crippen molar-refractivity contribution in [1.82, 2.24) is 15.2 Å². The summed E-state index contributed by atoms with van der Waals surface area (Å²) >= 11 is 0. The minimum absolute atomic E-state index is 0.140. The normalized spacial score (nSPS) is 20.0. The highest BCUT2D eigenvalue weighted by Crippen LogP contribution is 2.27. The lowest BCUT2D eigenvalue weighted by Crippen LogP contribution is -2.46. The molecule has 0 saturated carbocycles. The number of aryl methyl sites for hydroxylation is 1. The van der Waals surface area contributed by atoms with Crippen molar-refractivity contribution in [2.75, 3.05) is 6.54 Å². The zero-order valence-corrected chi connectivity index (χ0v) is 16.8. The first-order chi connectivity index (χ1) is 13.8. The van der Waals surface area contributed by atoms with Gasteiger partial charge < -0.3 is 10.4 Å². The Bertz CT molecular complexity index is 888. The van der Waals surface area contributed by atoms with Crippen LogP contribution >= 0.6 is 0 Å². The van der Waals surface area contributed by atoms with Crippen LogP contribution in [0.5, 0.6) is 0 Å². The van der Waals surface area contributed by atoms with Crippen LogP contribution in [0.25, 0.3) is 0 Å². The van der Waals surface area contributed by atoms with E-state index in [9.17, 15) is 19.1 Å². The number of amides is 2. The monoisotopic (exact) mass is 399 g/mol. The van der Waals surface area contributed by atoms with E-state index < -0.39 is 30.3 Å². The molecule has 3 atom stereocenters. The van der Waals surface area contributed by atoms with Gasteiger partial charge in [0.2, 0.25) is 5.91 Å². The third kappa shape index (κ3) is 4.55. The van der Waals surface area contributed by atoms with Gasteiger partial charge in [0.15, 0.2) is 0 Å². The molecule has 2 N–H and O–H groups in total. The summed E-state index contributed by atoms with van der Waals surface area (Å²) in [5, 5.41) is 12.2. The van der Waals surface area contributed by atoms with E-state index in [4.69, 9.17) is 0 Å². The number of likely N-dealkylation sites (tertiary alicyclic amines) is 1. The van der Waals surface area contributed by atoms with Crippen molar-refractivity contribution in [3.05, 3.63) is 65.0 Å². The summed E-state index contributed by atoms with van der Waals surface area (Å²) in [7, 11) is 0. The van der Waals surface area contributed by atoms with Crippen LogP contribution in [0.3, 0.4) is 0 Å². The number of aromatic nitrogens is 1. The fraction of sp³-hybridized carbons (Fsp3) is 0.409. The van der Waals surface area contributed by atoms with E-state index in [1.807, 2.05) is 49.5 Å². The molecular weight excluding hydrogens is 373 g/mol. The number of nitrogens with one attached hydrogen (secondary N) is 1. The SMILES string of the molecule is Cc1cc(C(NC(=O)C2CC(F)CN2C(=O)O)c2ccccc2)ncc1C(C)C. The van der Waals surface area contributed by atoms with Crippen molar-refractivity contribution in [3.8, 4) is 0 Å². The Kier molecular flexibility index (Phi) is 6.15. The molecule has 0 spiro atoms. The maximum Gasteiger partial charge on any atom is 0.408 e. The number of carboxylic acid groups (broad SMARTS) is 1. The molecule has 7 heteroatoms. The van der Waals surface area contributed by atoms with Crippen molar-refractivity contribution in [2.24, 2.45) is 0 Å². The first-order valence-electron chi connectivity index (χ1n) is 9.73. The number of carbonyl (C=O) groups excluding carboxylic acids is 1. The van der Waals surface area contributed by atoms with Gasteiger partial charge in [0.1, 0.15) is 12.2 Å². The highest BCUT2D eigenvalue weighted by atomic mass is 19.1. The summed E-state index contributed by atoms with van der Waals surface area (Å²) < 4.78 is 13.8. The number of pyridine rings is 1. The third-order valence-corrected chi connectivity index (χ3v) is 5.31. The standard InChI is InChI=1S/C22H26FN3O3/c1-13(2)17-11-24-18(9-14(17)3)20(15-7-5-4-6-8-15)25-21(27)19-10-16(23)12-26(19)22(28)29/h4-9,11,13,16,19-20H,10,12H2,1-3H3,(H,25,27)(H,28,29). The summed E-state index contributed by atoms with van der Waals surface area (Å²) in [4.78, 5) is 29.7. The average molecular weight is 399 g/mol. The maximum absolute atomic E-state index is 13.8. The minimum atomic E-state index is -1.34. The molecule has 29 heavy (non-hydrogen) atoms. The van der Waals surface area contributed by atoms with Crippen LogP contribution in [0.4, 0.5) is 9.18 Å². The van der Waals surface area contributed by atoms with Crippen LogP contribution in [0, 0.1) is 6.92 Å². The van der Waals surface area contributed by atoms with Crippen molar-refractivity contribution in [1.29, 1.82) is 0 Å². The summed E-state index contributed by atoms with van der Waals surface area (Å²) in [5.74, 6) is -0.195. The van der Waals surface area contributed by atoms with Crippen LogP contribution in [-0.2, 0) is 4.79 Å². The Morgan fingerprint density at radius 1 is 1.28 bits per heavy atom. The van der Waals surface area contributed by atoms with E-state index in [2.05, 4.69) is 24.1 Å². The second-order valence-electron chi connectivity index (χ2n) is 7.76. The van der Waals surface area contributed by atoms with Crippen LogP contribution in [0.2, 0.25) is 0 Å². The zero-order chi connectivity index (χ0) is 21.1. The van der Waals surface area contributed by atoms with Crippen molar-refractivity contribution >= 4 is 12.0 Å². The molecule has 154 valence electrons. The molecule has 2 heterocycles. The van der Waals surface area contributed by atoms with E-state index in [-0.39, 0.29) is 13.0 Å². The van der Waals surface area contributed by atoms with Gasteiger partial charge >= 0.3 is 6.09 Å². The van der Waals surface area contributed by atoms with Gasteiger partial charge in [-0.25, -0.2) is 9.18 Å². The summed E-state index contributed by atoms with van der Waals surface area (Å²) in [5.41, 5.74) is 3.67. The molecule has 1 aromatic carbocycles. The third-order valence-electron chi connectivity index (χ3n) is 5.31. The fourth-order valence-electron chi connectivity index (χ4n) is 3.81. The number of halogens is 1.